The smallest absolute Gasteiger partial charge is 0.205 e. The Morgan fingerprint density at radius 2 is 1.85 bits per heavy atom. The van der Waals surface area contributed by atoms with E-state index in [1.54, 1.807) is 5.51 Å². The predicted molar refractivity (Wildman–Crippen MR) is 80.2 cm³/mol. The monoisotopic (exact) mass is 283 g/mol. The lowest BCUT2D eigenvalue weighted by atomic mass is 10.2. The van der Waals surface area contributed by atoms with Crippen molar-refractivity contribution in [3.63, 3.8) is 0 Å². The Hall–Kier alpha value is -2.40. The molecule has 1 aromatic heterocycles. The van der Waals surface area contributed by atoms with Crippen LogP contribution in [0.2, 0.25) is 0 Å². The number of nitrogens with one attached hydrogen (secondary N) is 1. The summed E-state index contributed by atoms with van der Waals surface area (Å²) in [5, 5.41) is 11.8. The SMILES string of the molecule is c1ccc(Oc2cccc(CNc3nncs3)c2)cc1. The molecule has 1 heterocycles. The Balaban J connectivity index is 1.66. The van der Waals surface area contributed by atoms with Crippen LogP contribution in [0.25, 0.3) is 0 Å². The van der Waals surface area contributed by atoms with Gasteiger partial charge in [-0.25, -0.2) is 0 Å². The summed E-state index contributed by atoms with van der Waals surface area (Å²) in [6, 6.07) is 17.7. The summed E-state index contributed by atoms with van der Waals surface area (Å²) in [6.45, 7) is 0.696. The molecule has 4 nitrogen and oxygen atoms in total. The number of anilines is 1. The molecular weight excluding hydrogens is 270 g/mol. The predicted octanol–water partition coefficient (Wildman–Crippen LogP) is 3.94. The highest BCUT2D eigenvalue weighted by molar-refractivity contribution is 7.13. The highest BCUT2D eigenvalue weighted by Crippen LogP contribution is 2.22. The van der Waals surface area contributed by atoms with Gasteiger partial charge >= 0.3 is 0 Å². The van der Waals surface area contributed by atoms with E-state index >= 15 is 0 Å². The number of nitrogens with zero attached hydrogens (tertiary/aromatic N) is 2. The van der Waals surface area contributed by atoms with Crippen molar-refractivity contribution in [2.45, 2.75) is 6.54 Å². The fraction of sp³-hybridized carbons (Fsp3) is 0.0667. The third-order valence-corrected chi connectivity index (χ3v) is 3.33. The maximum Gasteiger partial charge on any atom is 0.205 e. The Morgan fingerprint density at radius 1 is 1.00 bits per heavy atom. The number of aromatic nitrogens is 2. The summed E-state index contributed by atoms with van der Waals surface area (Å²) in [4.78, 5) is 0. The minimum absolute atomic E-state index is 0.696. The highest BCUT2D eigenvalue weighted by atomic mass is 32.1. The second kappa shape index (κ2) is 6.16. The van der Waals surface area contributed by atoms with E-state index in [1.165, 1.54) is 11.3 Å². The first-order valence-corrected chi connectivity index (χ1v) is 7.10. The van der Waals surface area contributed by atoms with E-state index in [1.807, 2.05) is 54.6 Å². The van der Waals surface area contributed by atoms with E-state index in [-0.39, 0.29) is 0 Å². The molecule has 0 unspecified atom stereocenters. The zero-order valence-electron chi connectivity index (χ0n) is 10.7. The standard InChI is InChI=1S/C15H13N3OS/c1-2-6-13(7-3-1)19-14-8-4-5-12(9-14)10-16-15-18-17-11-20-15/h1-9,11H,10H2,(H,16,18). The fourth-order valence-corrected chi connectivity index (χ4v) is 2.22. The van der Waals surface area contributed by atoms with Gasteiger partial charge in [0.1, 0.15) is 17.0 Å². The first-order valence-electron chi connectivity index (χ1n) is 6.22. The van der Waals surface area contributed by atoms with Crippen molar-refractivity contribution in [3.8, 4) is 11.5 Å². The average molecular weight is 283 g/mol. The van der Waals surface area contributed by atoms with E-state index < -0.39 is 0 Å². The van der Waals surface area contributed by atoms with Crippen LogP contribution in [-0.2, 0) is 6.54 Å². The van der Waals surface area contributed by atoms with Gasteiger partial charge in [-0.05, 0) is 29.8 Å². The third kappa shape index (κ3) is 3.33. The molecule has 20 heavy (non-hydrogen) atoms. The van der Waals surface area contributed by atoms with Gasteiger partial charge in [0, 0.05) is 6.54 Å². The summed E-state index contributed by atoms with van der Waals surface area (Å²) in [7, 11) is 0. The lowest BCUT2D eigenvalue weighted by molar-refractivity contribution is 0.482. The lowest BCUT2D eigenvalue weighted by Crippen LogP contribution is -1.99. The van der Waals surface area contributed by atoms with E-state index in [9.17, 15) is 0 Å². The van der Waals surface area contributed by atoms with Crippen LogP contribution in [-0.4, -0.2) is 10.2 Å². The number of para-hydroxylation sites is 1. The van der Waals surface area contributed by atoms with E-state index in [4.69, 9.17) is 4.74 Å². The molecule has 1 N–H and O–H groups in total. The minimum atomic E-state index is 0.696. The van der Waals surface area contributed by atoms with Gasteiger partial charge in [-0.1, -0.05) is 41.7 Å². The normalized spacial score (nSPS) is 10.2. The molecule has 0 aliphatic carbocycles. The van der Waals surface area contributed by atoms with Crippen LogP contribution in [0.5, 0.6) is 11.5 Å². The van der Waals surface area contributed by atoms with Gasteiger partial charge in [0.2, 0.25) is 5.13 Å². The zero-order chi connectivity index (χ0) is 13.6. The molecule has 100 valence electrons. The van der Waals surface area contributed by atoms with Crippen molar-refractivity contribution >= 4 is 16.5 Å². The summed E-state index contributed by atoms with van der Waals surface area (Å²) < 4.78 is 5.80. The summed E-state index contributed by atoms with van der Waals surface area (Å²) in [6.07, 6.45) is 0. The van der Waals surface area contributed by atoms with Crippen molar-refractivity contribution in [2.24, 2.45) is 0 Å². The van der Waals surface area contributed by atoms with Crippen molar-refractivity contribution < 1.29 is 4.74 Å². The van der Waals surface area contributed by atoms with Crippen molar-refractivity contribution in [1.29, 1.82) is 0 Å². The molecule has 0 saturated heterocycles. The molecule has 0 spiro atoms. The molecule has 0 amide bonds. The average Bonchev–Trinajstić information content (AvgIpc) is 3.00. The highest BCUT2D eigenvalue weighted by Gasteiger charge is 2.00. The van der Waals surface area contributed by atoms with E-state index in [0.717, 1.165) is 22.2 Å². The molecule has 0 saturated carbocycles. The van der Waals surface area contributed by atoms with Gasteiger partial charge in [0.05, 0.1) is 0 Å². The lowest BCUT2D eigenvalue weighted by Gasteiger charge is -2.08. The molecule has 0 atom stereocenters. The first kappa shape index (κ1) is 12.6. The van der Waals surface area contributed by atoms with Gasteiger partial charge in [-0.3, -0.25) is 0 Å². The molecule has 0 aliphatic rings. The Morgan fingerprint density at radius 3 is 2.65 bits per heavy atom. The summed E-state index contributed by atoms with van der Waals surface area (Å²) in [5.74, 6) is 1.66. The van der Waals surface area contributed by atoms with Crippen LogP contribution >= 0.6 is 11.3 Å². The molecule has 0 bridgehead atoms. The van der Waals surface area contributed by atoms with Gasteiger partial charge < -0.3 is 10.1 Å². The van der Waals surface area contributed by atoms with Crippen LogP contribution < -0.4 is 10.1 Å². The maximum atomic E-state index is 5.80. The topological polar surface area (TPSA) is 47.0 Å². The fourth-order valence-electron chi connectivity index (χ4n) is 1.77. The Bertz CT molecular complexity index is 656. The second-order valence-electron chi connectivity index (χ2n) is 4.16. The Kier molecular flexibility index (Phi) is 3.89. The van der Waals surface area contributed by atoms with E-state index in [2.05, 4.69) is 15.5 Å². The molecule has 3 aromatic rings. The van der Waals surface area contributed by atoms with Crippen molar-refractivity contribution in [2.75, 3.05) is 5.32 Å². The third-order valence-electron chi connectivity index (χ3n) is 2.68. The minimum Gasteiger partial charge on any atom is -0.457 e. The molecule has 0 radical (unpaired) electrons. The molecule has 5 heteroatoms. The molecular formula is C15H13N3OS. The molecule has 0 aliphatic heterocycles. The number of rotatable bonds is 5. The largest absolute Gasteiger partial charge is 0.457 e. The quantitative estimate of drug-likeness (QED) is 0.770. The summed E-state index contributed by atoms with van der Waals surface area (Å²) in [5.41, 5.74) is 2.84. The zero-order valence-corrected chi connectivity index (χ0v) is 11.5. The molecule has 0 fully saturated rings. The van der Waals surface area contributed by atoms with Crippen molar-refractivity contribution in [3.05, 3.63) is 65.7 Å². The number of benzene rings is 2. The summed E-state index contributed by atoms with van der Waals surface area (Å²) >= 11 is 1.48. The van der Waals surface area contributed by atoms with Crippen LogP contribution in [0.15, 0.2) is 60.1 Å². The van der Waals surface area contributed by atoms with Crippen LogP contribution in [0, 0.1) is 0 Å². The van der Waals surface area contributed by atoms with Gasteiger partial charge in [-0.15, -0.1) is 10.2 Å². The molecule has 2 aromatic carbocycles. The molecule has 3 rings (SSSR count). The van der Waals surface area contributed by atoms with Crippen LogP contribution in [0.3, 0.4) is 0 Å². The van der Waals surface area contributed by atoms with Gasteiger partial charge in [0.25, 0.3) is 0 Å². The van der Waals surface area contributed by atoms with Crippen molar-refractivity contribution in [1.82, 2.24) is 10.2 Å². The van der Waals surface area contributed by atoms with Gasteiger partial charge in [0.15, 0.2) is 0 Å². The Labute approximate surface area is 121 Å². The maximum absolute atomic E-state index is 5.80. The van der Waals surface area contributed by atoms with Crippen LogP contribution in [0.4, 0.5) is 5.13 Å². The van der Waals surface area contributed by atoms with E-state index in [0.29, 0.717) is 6.54 Å². The van der Waals surface area contributed by atoms with Gasteiger partial charge in [-0.2, -0.15) is 0 Å². The number of ether oxygens (including phenoxy) is 1. The number of hydrogen-bond donors (Lipinski definition) is 1. The first-order chi connectivity index (χ1) is 9.90. The number of hydrogen-bond acceptors (Lipinski definition) is 5. The second-order valence-corrected chi connectivity index (χ2v) is 4.99. The van der Waals surface area contributed by atoms with Crippen LogP contribution in [0.1, 0.15) is 5.56 Å².